The molecule has 0 N–H and O–H groups in total. The summed E-state index contributed by atoms with van der Waals surface area (Å²) in [5, 5.41) is 0.402. The van der Waals surface area contributed by atoms with Crippen LogP contribution in [0.5, 0.6) is 5.75 Å². The summed E-state index contributed by atoms with van der Waals surface area (Å²) in [6.45, 7) is 2.40. The van der Waals surface area contributed by atoms with Crippen LogP contribution in [-0.2, 0) is 17.6 Å². The van der Waals surface area contributed by atoms with E-state index in [0.29, 0.717) is 12.1 Å². The van der Waals surface area contributed by atoms with E-state index in [1.165, 1.54) is 18.6 Å². The van der Waals surface area contributed by atoms with Crippen molar-refractivity contribution in [1.82, 2.24) is 4.90 Å². The highest BCUT2D eigenvalue weighted by atomic mass is 35.5. The molecule has 9 heteroatoms. The van der Waals surface area contributed by atoms with Gasteiger partial charge >= 0.3 is 16.6 Å². The molecule has 22 heavy (non-hydrogen) atoms. The number of rotatable bonds is 4. The fraction of sp³-hybridized carbons (Fsp3) is 0.538. The zero-order valence-corrected chi connectivity index (χ0v) is 13.8. The van der Waals surface area contributed by atoms with Gasteiger partial charge in [-0.1, -0.05) is 29.6 Å². The lowest BCUT2D eigenvalue weighted by molar-refractivity contribution is -0.0437. The van der Waals surface area contributed by atoms with Crippen molar-refractivity contribution in [3.8, 4) is 5.75 Å². The van der Waals surface area contributed by atoms with E-state index in [9.17, 15) is 17.4 Å². The first-order valence-corrected chi connectivity index (χ1v) is 8.47. The molecule has 0 spiro atoms. The number of piperidine rings is 1. The maximum atomic E-state index is 12.2. The van der Waals surface area contributed by atoms with Crippen molar-refractivity contribution in [2.24, 2.45) is 0 Å². The summed E-state index contributed by atoms with van der Waals surface area (Å²) in [5.74, 6) is -0.270. The minimum absolute atomic E-state index is 0.201. The van der Waals surface area contributed by atoms with Gasteiger partial charge in [0.05, 0.1) is 10.0 Å². The second-order valence-electron chi connectivity index (χ2n) is 4.97. The molecule has 1 aromatic rings. The molecule has 1 fully saturated rings. The molecule has 1 saturated heterocycles. The van der Waals surface area contributed by atoms with Crippen molar-refractivity contribution in [2.45, 2.75) is 31.3 Å². The maximum absolute atomic E-state index is 12.2. The number of benzene rings is 1. The van der Waals surface area contributed by atoms with Gasteiger partial charge in [-0.25, -0.2) is 4.21 Å². The van der Waals surface area contributed by atoms with E-state index >= 15 is 0 Å². The molecular formula is C13H14Cl2F3NO2S. The van der Waals surface area contributed by atoms with Gasteiger partial charge in [-0.2, -0.15) is 13.2 Å². The molecule has 3 nitrogen and oxygen atoms in total. The van der Waals surface area contributed by atoms with Crippen LogP contribution in [0.2, 0.25) is 10.0 Å². The van der Waals surface area contributed by atoms with Gasteiger partial charge in [0.25, 0.3) is 0 Å². The van der Waals surface area contributed by atoms with Crippen LogP contribution in [-0.4, -0.2) is 27.7 Å². The SMILES string of the molecule is O=S(Oc1cc(Cl)c(CN2CCCCC2)c(Cl)c1)C(F)(F)F. The summed E-state index contributed by atoms with van der Waals surface area (Å²) in [6.07, 6.45) is 3.38. The minimum atomic E-state index is -4.95. The molecule has 1 heterocycles. The molecule has 2 rings (SSSR count). The van der Waals surface area contributed by atoms with Gasteiger partial charge in [0.15, 0.2) is 0 Å². The first-order valence-electron chi connectivity index (χ1n) is 6.64. The molecule has 124 valence electrons. The highest BCUT2D eigenvalue weighted by Crippen LogP contribution is 2.33. The fourth-order valence-electron chi connectivity index (χ4n) is 2.25. The predicted octanol–water partition coefficient (Wildman–Crippen LogP) is 4.54. The second-order valence-corrected chi connectivity index (χ2v) is 6.88. The van der Waals surface area contributed by atoms with Crippen LogP contribution in [0.25, 0.3) is 0 Å². The van der Waals surface area contributed by atoms with Crippen LogP contribution in [0.15, 0.2) is 12.1 Å². The summed E-state index contributed by atoms with van der Waals surface area (Å²) < 4.78 is 52.0. The maximum Gasteiger partial charge on any atom is 0.508 e. The van der Waals surface area contributed by atoms with Gasteiger partial charge in [0.1, 0.15) is 5.75 Å². The summed E-state index contributed by atoms with van der Waals surface area (Å²) in [6, 6.07) is 2.41. The highest BCUT2D eigenvalue weighted by molar-refractivity contribution is 7.81. The van der Waals surface area contributed by atoms with E-state index in [-0.39, 0.29) is 15.8 Å². The van der Waals surface area contributed by atoms with E-state index in [1.807, 2.05) is 0 Å². The van der Waals surface area contributed by atoms with Crippen LogP contribution in [0, 0.1) is 0 Å². The Bertz CT molecular complexity index is 540. The zero-order chi connectivity index (χ0) is 16.3. The molecule has 1 aliphatic rings. The molecule has 1 aromatic carbocycles. The predicted molar refractivity (Wildman–Crippen MR) is 80.4 cm³/mol. The van der Waals surface area contributed by atoms with Gasteiger partial charge in [0, 0.05) is 24.2 Å². The Kier molecular flexibility index (Phi) is 5.99. The molecule has 0 aliphatic carbocycles. The Morgan fingerprint density at radius 1 is 1.14 bits per heavy atom. The lowest BCUT2D eigenvalue weighted by Crippen LogP contribution is -2.29. The summed E-state index contributed by atoms with van der Waals surface area (Å²) in [7, 11) is 0. The third-order valence-corrected chi connectivity index (χ3v) is 4.70. The van der Waals surface area contributed by atoms with Gasteiger partial charge in [-0.15, -0.1) is 0 Å². The van der Waals surface area contributed by atoms with E-state index in [1.54, 1.807) is 0 Å². The Hall–Kier alpha value is -0.500. The molecule has 1 unspecified atom stereocenters. The van der Waals surface area contributed by atoms with Crippen LogP contribution >= 0.6 is 23.2 Å². The molecule has 1 aliphatic heterocycles. The Morgan fingerprint density at radius 2 is 1.68 bits per heavy atom. The smallest absolute Gasteiger partial charge is 0.394 e. The molecule has 0 bridgehead atoms. The quantitative estimate of drug-likeness (QED) is 0.773. The van der Waals surface area contributed by atoms with Crippen LogP contribution in [0.4, 0.5) is 13.2 Å². The van der Waals surface area contributed by atoms with Gasteiger partial charge in [0.2, 0.25) is 0 Å². The monoisotopic (exact) mass is 375 g/mol. The van der Waals surface area contributed by atoms with Crippen molar-refractivity contribution in [2.75, 3.05) is 13.1 Å². The summed E-state index contributed by atoms with van der Waals surface area (Å²) in [4.78, 5) is 2.19. The third kappa shape index (κ3) is 4.75. The molecule has 0 aromatic heterocycles. The van der Waals surface area contributed by atoms with Crippen molar-refractivity contribution in [1.29, 1.82) is 0 Å². The molecule has 0 radical (unpaired) electrons. The van der Waals surface area contributed by atoms with Gasteiger partial charge in [-0.05, 0) is 25.9 Å². The van der Waals surface area contributed by atoms with E-state index in [0.717, 1.165) is 25.9 Å². The van der Waals surface area contributed by atoms with Crippen molar-refractivity contribution in [3.63, 3.8) is 0 Å². The third-order valence-electron chi connectivity index (χ3n) is 3.31. The molecule has 0 saturated carbocycles. The average Bonchev–Trinajstić information content (AvgIpc) is 2.43. The Labute approximate surface area is 139 Å². The standard InChI is InChI=1S/C13H14Cl2F3NO2S/c14-11-6-9(21-22(20)13(16,17)18)7-12(15)10(11)8-19-4-2-1-3-5-19/h6-7H,1-5,8H2. The topological polar surface area (TPSA) is 29.5 Å². The number of nitrogens with zero attached hydrogens (tertiary/aromatic N) is 1. The van der Waals surface area contributed by atoms with Crippen molar-refractivity contribution >= 4 is 34.3 Å². The highest BCUT2D eigenvalue weighted by Gasteiger charge is 2.40. The van der Waals surface area contributed by atoms with Crippen LogP contribution < -0.4 is 4.18 Å². The first kappa shape index (κ1) is 17.8. The fourth-order valence-corrected chi connectivity index (χ4v) is 3.21. The summed E-state index contributed by atoms with van der Waals surface area (Å²) in [5.41, 5.74) is -4.32. The number of hydrogen-bond acceptors (Lipinski definition) is 3. The number of hydrogen-bond donors (Lipinski definition) is 0. The number of likely N-dealkylation sites (tertiary alicyclic amines) is 1. The summed E-state index contributed by atoms with van der Waals surface area (Å²) >= 11 is 8.72. The Balaban J connectivity index is 2.12. The first-order chi connectivity index (χ1) is 10.3. The normalized spacial score (nSPS) is 18.2. The van der Waals surface area contributed by atoms with E-state index in [2.05, 4.69) is 9.08 Å². The second kappa shape index (κ2) is 7.38. The lowest BCUT2D eigenvalue weighted by Gasteiger charge is -2.27. The largest absolute Gasteiger partial charge is 0.508 e. The number of halogens is 5. The molecule has 1 atom stereocenters. The minimum Gasteiger partial charge on any atom is -0.394 e. The van der Waals surface area contributed by atoms with Gasteiger partial charge in [-0.3, -0.25) is 4.90 Å². The van der Waals surface area contributed by atoms with Crippen LogP contribution in [0.1, 0.15) is 24.8 Å². The molecular weight excluding hydrogens is 362 g/mol. The molecule has 0 amide bonds. The van der Waals surface area contributed by atoms with E-state index < -0.39 is 16.6 Å². The Morgan fingerprint density at radius 3 is 2.18 bits per heavy atom. The zero-order valence-electron chi connectivity index (χ0n) is 11.5. The number of alkyl halides is 3. The van der Waals surface area contributed by atoms with Gasteiger partial charge < -0.3 is 4.18 Å². The average molecular weight is 376 g/mol. The van der Waals surface area contributed by atoms with E-state index in [4.69, 9.17) is 23.2 Å². The van der Waals surface area contributed by atoms with Crippen LogP contribution in [0.3, 0.4) is 0 Å². The lowest BCUT2D eigenvalue weighted by atomic mass is 10.1. The van der Waals surface area contributed by atoms with Crippen molar-refractivity contribution in [3.05, 3.63) is 27.7 Å². The van der Waals surface area contributed by atoms with Crippen molar-refractivity contribution < 1.29 is 21.6 Å².